The average Bonchev–Trinajstić information content (AvgIpc) is 3.16. The largest absolute Gasteiger partial charge is 0.288 e. The lowest BCUT2D eigenvalue weighted by Gasteiger charge is -2.25. The fraction of sp³-hybridized carbons (Fsp3) is 0.467. The van der Waals surface area contributed by atoms with Crippen molar-refractivity contribution >= 4 is 27.3 Å². The van der Waals surface area contributed by atoms with E-state index in [1.54, 1.807) is 26.0 Å². The van der Waals surface area contributed by atoms with Gasteiger partial charge in [-0.1, -0.05) is 12.5 Å². The minimum atomic E-state index is -3.60. The molecule has 0 bridgehead atoms. The second-order valence-corrected chi connectivity index (χ2v) is 8.48. The van der Waals surface area contributed by atoms with Gasteiger partial charge in [-0.2, -0.15) is 14.1 Å². The minimum absolute atomic E-state index is 0.171. The molecule has 1 saturated heterocycles. The number of thiophene rings is 1. The number of hydrogen-bond acceptors (Lipinski definition) is 5. The highest BCUT2D eigenvalue weighted by Gasteiger charge is 2.33. The Labute approximate surface area is 139 Å². The van der Waals surface area contributed by atoms with Gasteiger partial charge in [0.25, 0.3) is 5.91 Å². The molecule has 0 N–H and O–H groups in total. The van der Waals surface area contributed by atoms with Gasteiger partial charge in [-0.05, 0) is 38.1 Å². The predicted octanol–water partition coefficient (Wildman–Crippen LogP) is 2.42. The molecule has 3 rings (SSSR count). The van der Waals surface area contributed by atoms with Gasteiger partial charge in [0.05, 0.1) is 16.3 Å². The number of piperidine rings is 1. The van der Waals surface area contributed by atoms with Gasteiger partial charge in [-0.15, -0.1) is 11.3 Å². The Hall–Kier alpha value is -1.51. The van der Waals surface area contributed by atoms with Crippen LogP contribution in [0.2, 0.25) is 0 Å². The Kier molecular flexibility index (Phi) is 4.39. The van der Waals surface area contributed by atoms with E-state index in [0.717, 1.165) is 19.3 Å². The number of carbonyl (C=O) groups is 1. The van der Waals surface area contributed by atoms with E-state index < -0.39 is 10.0 Å². The zero-order valence-electron chi connectivity index (χ0n) is 13.2. The third-order valence-electron chi connectivity index (χ3n) is 4.06. The smallest absolute Gasteiger partial charge is 0.266 e. The molecule has 2 aromatic rings. The Morgan fingerprint density at radius 1 is 1.22 bits per heavy atom. The standard InChI is InChI=1S/C15H19N3O3S2/c1-11-14(23(20,21)17-8-4-3-5-9-17)12(2)18(16-11)15(19)13-7-6-10-22-13/h6-7,10H,3-5,8-9H2,1-2H3. The zero-order valence-corrected chi connectivity index (χ0v) is 14.8. The van der Waals surface area contributed by atoms with Crippen molar-refractivity contribution in [2.75, 3.05) is 13.1 Å². The lowest BCUT2D eigenvalue weighted by Crippen LogP contribution is -2.36. The van der Waals surface area contributed by atoms with E-state index in [9.17, 15) is 13.2 Å². The van der Waals surface area contributed by atoms with Gasteiger partial charge in [-0.3, -0.25) is 4.79 Å². The second-order valence-electron chi connectivity index (χ2n) is 5.66. The van der Waals surface area contributed by atoms with Crippen LogP contribution in [-0.4, -0.2) is 41.5 Å². The number of carbonyl (C=O) groups excluding carboxylic acids is 1. The van der Waals surface area contributed by atoms with E-state index in [1.807, 2.05) is 5.38 Å². The fourth-order valence-electron chi connectivity index (χ4n) is 2.94. The van der Waals surface area contributed by atoms with Gasteiger partial charge < -0.3 is 0 Å². The fourth-order valence-corrected chi connectivity index (χ4v) is 5.46. The molecule has 1 fully saturated rings. The molecule has 8 heteroatoms. The summed E-state index contributed by atoms with van der Waals surface area (Å²) >= 11 is 1.32. The SMILES string of the molecule is Cc1nn(C(=O)c2cccs2)c(C)c1S(=O)(=O)N1CCCCC1. The van der Waals surface area contributed by atoms with E-state index in [1.165, 1.54) is 20.3 Å². The van der Waals surface area contributed by atoms with E-state index >= 15 is 0 Å². The van der Waals surface area contributed by atoms with Crippen LogP contribution in [-0.2, 0) is 10.0 Å². The molecule has 2 aromatic heterocycles. The average molecular weight is 353 g/mol. The molecule has 1 aliphatic rings. The molecule has 0 spiro atoms. The highest BCUT2D eigenvalue weighted by atomic mass is 32.2. The minimum Gasteiger partial charge on any atom is -0.266 e. The monoisotopic (exact) mass is 353 g/mol. The predicted molar refractivity (Wildman–Crippen MR) is 88.4 cm³/mol. The number of hydrogen-bond donors (Lipinski definition) is 0. The quantitative estimate of drug-likeness (QED) is 0.849. The Morgan fingerprint density at radius 2 is 1.91 bits per heavy atom. The van der Waals surface area contributed by atoms with E-state index in [-0.39, 0.29) is 10.8 Å². The molecule has 0 saturated carbocycles. The van der Waals surface area contributed by atoms with Crippen molar-refractivity contribution in [3.05, 3.63) is 33.8 Å². The van der Waals surface area contributed by atoms with Gasteiger partial charge in [0.1, 0.15) is 4.90 Å². The second kappa shape index (κ2) is 6.18. The maximum Gasteiger partial charge on any atom is 0.288 e. The summed E-state index contributed by atoms with van der Waals surface area (Å²) in [6.07, 6.45) is 2.80. The first-order valence-corrected chi connectivity index (χ1v) is 9.89. The van der Waals surface area contributed by atoms with Crippen LogP contribution in [0.3, 0.4) is 0 Å². The molecule has 124 valence electrons. The molecular weight excluding hydrogens is 334 g/mol. The molecule has 0 atom stereocenters. The first kappa shape index (κ1) is 16.4. The van der Waals surface area contributed by atoms with E-state index in [2.05, 4.69) is 5.10 Å². The molecule has 1 aliphatic heterocycles. The molecular formula is C15H19N3O3S2. The van der Waals surface area contributed by atoms with Crippen LogP contribution in [0.25, 0.3) is 0 Å². The summed E-state index contributed by atoms with van der Waals surface area (Å²) in [4.78, 5) is 13.2. The number of aromatic nitrogens is 2. The Morgan fingerprint density at radius 3 is 2.52 bits per heavy atom. The maximum atomic E-state index is 12.9. The number of sulfonamides is 1. The lowest BCUT2D eigenvalue weighted by atomic mass is 10.2. The molecule has 6 nitrogen and oxygen atoms in total. The normalized spacial score (nSPS) is 16.6. The summed E-state index contributed by atoms with van der Waals surface area (Å²) in [6.45, 7) is 4.35. The van der Waals surface area contributed by atoms with Crippen LogP contribution in [0, 0.1) is 13.8 Å². The van der Waals surface area contributed by atoms with Crippen molar-refractivity contribution < 1.29 is 13.2 Å². The third-order valence-corrected chi connectivity index (χ3v) is 7.07. The molecule has 3 heterocycles. The maximum absolute atomic E-state index is 12.9. The topological polar surface area (TPSA) is 72.3 Å². The van der Waals surface area contributed by atoms with E-state index in [4.69, 9.17) is 0 Å². The molecule has 0 amide bonds. The highest BCUT2D eigenvalue weighted by Crippen LogP contribution is 2.26. The Balaban J connectivity index is 2.02. The van der Waals surface area contributed by atoms with Gasteiger partial charge in [0, 0.05) is 13.1 Å². The molecule has 23 heavy (non-hydrogen) atoms. The van der Waals surface area contributed by atoms with Gasteiger partial charge in [0.15, 0.2) is 0 Å². The van der Waals surface area contributed by atoms with Crippen molar-refractivity contribution in [3.8, 4) is 0 Å². The van der Waals surface area contributed by atoms with Crippen LogP contribution in [0.4, 0.5) is 0 Å². The zero-order chi connectivity index (χ0) is 16.6. The number of aryl methyl sites for hydroxylation is 1. The van der Waals surface area contributed by atoms with Crippen LogP contribution < -0.4 is 0 Å². The first-order chi connectivity index (χ1) is 10.9. The van der Waals surface area contributed by atoms with E-state index in [0.29, 0.717) is 29.4 Å². The summed E-state index contributed by atoms with van der Waals surface area (Å²) in [5.41, 5.74) is 0.754. The first-order valence-electron chi connectivity index (χ1n) is 7.57. The molecule has 0 radical (unpaired) electrons. The van der Waals surface area contributed by atoms with Crippen LogP contribution in [0.15, 0.2) is 22.4 Å². The van der Waals surface area contributed by atoms with Crippen LogP contribution >= 0.6 is 11.3 Å². The van der Waals surface area contributed by atoms with Gasteiger partial charge in [-0.25, -0.2) is 8.42 Å². The number of rotatable bonds is 3. The summed E-state index contributed by atoms with van der Waals surface area (Å²) in [6, 6.07) is 3.50. The van der Waals surface area contributed by atoms with Crippen LogP contribution in [0.5, 0.6) is 0 Å². The summed E-state index contributed by atoms with van der Waals surface area (Å²) < 4.78 is 28.5. The highest BCUT2D eigenvalue weighted by molar-refractivity contribution is 7.89. The van der Waals surface area contributed by atoms with Gasteiger partial charge in [0.2, 0.25) is 10.0 Å². The third kappa shape index (κ3) is 2.86. The molecule has 0 aliphatic carbocycles. The van der Waals surface area contributed by atoms with Crippen molar-refractivity contribution in [1.82, 2.24) is 14.1 Å². The summed E-state index contributed by atoms with van der Waals surface area (Å²) in [5.74, 6) is -0.291. The van der Waals surface area contributed by atoms with Gasteiger partial charge >= 0.3 is 0 Å². The molecule has 0 unspecified atom stereocenters. The van der Waals surface area contributed by atoms with Crippen LogP contribution in [0.1, 0.15) is 40.3 Å². The summed E-state index contributed by atoms with van der Waals surface area (Å²) in [5, 5.41) is 6.00. The molecule has 0 aromatic carbocycles. The summed E-state index contributed by atoms with van der Waals surface area (Å²) in [7, 11) is -3.60. The number of nitrogens with zero attached hydrogens (tertiary/aromatic N) is 3. The lowest BCUT2D eigenvalue weighted by molar-refractivity contribution is 0.0946. The van der Waals surface area contributed by atoms with Crippen molar-refractivity contribution in [2.45, 2.75) is 38.0 Å². The van der Waals surface area contributed by atoms with Crippen molar-refractivity contribution in [2.24, 2.45) is 0 Å². The van der Waals surface area contributed by atoms with Crippen molar-refractivity contribution in [3.63, 3.8) is 0 Å². The Bertz CT molecular complexity index is 817. The van der Waals surface area contributed by atoms with Crippen molar-refractivity contribution in [1.29, 1.82) is 0 Å².